The van der Waals surface area contributed by atoms with Crippen molar-refractivity contribution in [2.75, 3.05) is 11.5 Å². The van der Waals surface area contributed by atoms with Crippen molar-refractivity contribution in [3.63, 3.8) is 0 Å². The fourth-order valence-electron chi connectivity index (χ4n) is 1.09. The van der Waals surface area contributed by atoms with Crippen LogP contribution >= 0.6 is 11.8 Å². The molecule has 1 aliphatic rings. The van der Waals surface area contributed by atoms with Crippen molar-refractivity contribution in [3.8, 4) is 0 Å². The zero-order chi connectivity index (χ0) is 7.84. The van der Waals surface area contributed by atoms with Crippen LogP contribution in [0.1, 0.15) is 0 Å². The average molecular weight is 168 g/mol. The molecule has 0 atom stereocenters. The van der Waals surface area contributed by atoms with E-state index in [1.807, 2.05) is 4.57 Å². The van der Waals surface area contributed by atoms with Gasteiger partial charge in [-0.3, -0.25) is 5.41 Å². The van der Waals surface area contributed by atoms with E-state index < -0.39 is 0 Å². The Hall–Kier alpha value is -0.970. The summed E-state index contributed by atoms with van der Waals surface area (Å²) in [6, 6.07) is 1.58. The maximum atomic E-state index is 7.29. The van der Waals surface area contributed by atoms with Crippen molar-refractivity contribution in [1.82, 2.24) is 9.55 Å². The van der Waals surface area contributed by atoms with Crippen LogP contribution in [-0.4, -0.2) is 15.3 Å². The number of fused-ring (bicyclic) bond motifs is 1. The molecule has 11 heavy (non-hydrogen) atoms. The summed E-state index contributed by atoms with van der Waals surface area (Å²) in [5, 5.41) is 8.16. The van der Waals surface area contributed by atoms with Crippen LogP contribution in [0, 0.1) is 5.41 Å². The molecule has 5 heteroatoms. The van der Waals surface area contributed by atoms with Crippen LogP contribution < -0.4 is 11.2 Å². The zero-order valence-corrected chi connectivity index (χ0v) is 6.69. The van der Waals surface area contributed by atoms with Crippen molar-refractivity contribution < 1.29 is 0 Å². The molecule has 0 unspecified atom stereocenters. The van der Waals surface area contributed by atoms with E-state index >= 15 is 0 Å². The third-order valence-corrected chi connectivity index (χ3v) is 2.55. The molecular formula is C6H8N4S. The predicted octanol–water partition coefficient (Wildman–Crippen LogP) is 0.0505. The van der Waals surface area contributed by atoms with Crippen molar-refractivity contribution >= 4 is 17.6 Å². The second kappa shape index (κ2) is 2.27. The fourth-order valence-corrected chi connectivity index (χ4v) is 2.06. The van der Waals surface area contributed by atoms with E-state index in [4.69, 9.17) is 11.1 Å². The Morgan fingerprint density at radius 1 is 1.73 bits per heavy atom. The SMILES string of the molecule is N=c1cc(N)n2c(n1)SCC2. The van der Waals surface area contributed by atoms with E-state index in [2.05, 4.69) is 4.98 Å². The van der Waals surface area contributed by atoms with Gasteiger partial charge in [0.1, 0.15) is 5.82 Å². The lowest BCUT2D eigenvalue weighted by Crippen LogP contribution is -2.14. The molecule has 0 bridgehead atoms. The third-order valence-electron chi connectivity index (χ3n) is 1.59. The van der Waals surface area contributed by atoms with E-state index in [9.17, 15) is 0 Å². The molecule has 0 spiro atoms. The number of nitrogens with one attached hydrogen (secondary N) is 1. The molecule has 2 rings (SSSR count). The van der Waals surface area contributed by atoms with E-state index in [0.29, 0.717) is 5.82 Å². The normalized spacial score (nSPS) is 14.9. The van der Waals surface area contributed by atoms with Crippen molar-refractivity contribution in [2.24, 2.45) is 0 Å². The molecule has 0 amide bonds. The number of aromatic nitrogens is 2. The second-order valence-corrected chi connectivity index (χ2v) is 3.41. The molecule has 0 saturated heterocycles. The van der Waals surface area contributed by atoms with Crippen LogP contribution in [0.2, 0.25) is 0 Å². The van der Waals surface area contributed by atoms with Crippen LogP contribution in [0.25, 0.3) is 0 Å². The van der Waals surface area contributed by atoms with Crippen molar-refractivity contribution in [1.29, 1.82) is 5.41 Å². The van der Waals surface area contributed by atoms with Gasteiger partial charge in [0.05, 0.1) is 0 Å². The molecule has 58 valence electrons. The highest BCUT2D eigenvalue weighted by atomic mass is 32.2. The monoisotopic (exact) mass is 168 g/mol. The van der Waals surface area contributed by atoms with E-state index in [1.54, 1.807) is 17.8 Å². The molecule has 0 radical (unpaired) electrons. The third kappa shape index (κ3) is 1.01. The summed E-state index contributed by atoms with van der Waals surface area (Å²) < 4.78 is 1.93. The molecule has 3 N–H and O–H groups in total. The van der Waals surface area contributed by atoms with Crippen LogP contribution in [0.4, 0.5) is 5.82 Å². The number of hydrogen-bond acceptors (Lipinski definition) is 4. The summed E-state index contributed by atoms with van der Waals surface area (Å²) in [4.78, 5) is 4.03. The first-order valence-corrected chi connectivity index (χ1v) is 4.31. The minimum absolute atomic E-state index is 0.253. The Kier molecular flexibility index (Phi) is 1.38. The van der Waals surface area contributed by atoms with Gasteiger partial charge in [0.25, 0.3) is 0 Å². The molecular weight excluding hydrogens is 160 g/mol. The van der Waals surface area contributed by atoms with Gasteiger partial charge >= 0.3 is 0 Å². The van der Waals surface area contributed by atoms with Gasteiger partial charge < -0.3 is 10.3 Å². The summed E-state index contributed by atoms with van der Waals surface area (Å²) in [6.07, 6.45) is 0. The molecule has 0 saturated carbocycles. The Bertz CT molecular complexity index is 343. The number of nitrogens with zero attached hydrogens (tertiary/aromatic N) is 2. The zero-order valence-electron chi connectivity index (χ0n) is 5.87. The molecule has 0 fully saturated rings. The average Bonchev–Trinajstić information content (AvgIpc) is 2.34. The van der Waals surface area contributed by atoms with Crippen molar-refractivity contribution in [3.05, 3.63) is 11.6 Å². The topological polar surface area (TPSA) is 67.7 Å². The molecule has 1 aliphatic heterocycles. The lowest BCUT2D eigenvalue weighted by molar-refractivity contribution is 0.680. The van der Waals surface area contributed by atoms with Gasteiger partial charge in [0.15, 0.2) is 10.6 Å². The maximum absolute atomic E-state index is 7.29. The van der Waals surface area contributed by atoms with E-state index in [1.165, 1.54) is 0 Å². The van der Waals surface area contributed by atoms with Crippen LogP contribution in [0.5, 0.6) is 0 Å². The van der Waals surface area contributed by atoms with Crippen LogP contribution in [0.3, 0.4) is 0 Å². The predicted molar refractivity (Wildman–Crippen MR) is 43.2 cm³/mol. The summed E-state index contributed by atoms with van der Waals surface area (Å²) in [7, 11) is 0. The van der Waals surface area contributed by atoms with Gasteiger partial charge in [-0.1, -0.05) is 11.8 Å². The van der Waals surface area contributed by atoms with E-state index in [0.717, 1.165) is 17.5 Å². The van der Waals surface area contributed by atoms with E-state index in [-0.39, 0.29) is 5.49 Å². The van der Waals surface area contributed by atoms with Crippen LogP contribution in [-0.2, 0) is 6.54 Å². The van der Waals surface area contributed by atoms with Gasteiger partial charge in [-0.2, -0.15) is 0 Å². The number of rotatable bonds is 0. The van der Waals surface area contributed by atoms with Gasteiger partial charge in [-0.15, -0.1) is 0 Å². The van der Waals surface area contributed by atoms with Gasteiger partial charge in [-0.05, 0) is 0 Å². The summed E-state index contributed by atoms with van der Waals surface area (Å²) in [5.41, 5.74) is 5.92. The quantitative estimate of drug-likeness (QED) is 0.538. The standard InChI is InChI=1S/C6H8N4S/c7-4-3-5(8)10-1-2-11-6(10)9-4/h3,7H,1-2,8H2. The molecule has 1 aromatic rings. The van der Waals surface area contributed by atoms with Crippen LogP contribution in [0.15, 0.2) is 11.2 Å². The first-order chi connectivity index (χ1) is 5.27. The van der Waals surface area contributed by atoms with Gasteiger partial charge in [-0.25, -0.2) is 4.98 Å². The summed E-state index contributed by atoms with van der Waals surface area (Å²) in [5.74, 6) is 1.66. The first-order valence-electron chi connectivity index (χ1n) is 3.32. The van der Waals surface area contributed by atoms with Crippen molar-refractivity contribution in [2.45, 2.75) is 11.7 Å². The Labute approximate surface area is 68.0 Å². The molecule has 0 aliphatic carbocycles. The molecule has 4 nitrogen and oxygen atoms in total. The summed E-state index contributed by atoms with van der Waals surface area (Å²) in [6.45, 7) is 0.916. The Morgan fingerprint density at radius 3 is 3.36 bits per heavy atom. The smallest absolute Gasteiger partial charge is 0.171 e. The first kappa shape index (κ1) is 6.72. The Balaban J connectivity index is 2.70. The maximum Gasteiger partial charge on any atom is 0.171 e. The lowest BCUT2D eigenvalue weighted by atomic mass is 10.5. The molecule has 0 aromatic carbocycles. The second-order valence-electron chi connectivity index (χ2n) is 2.35. The number of hydrogen-bond donors (Lipinski definition) is 2. The summed E-state index contributed by atoms with van der Waals surface area (Å²) >= 11 is 1.65. The lowest BCUT2D eigenvalue weighted by Gasteiger charge is -2.04. The largest absolute Gasteiger partial charge is 0.385 e. The number of nitrogens with two attached hydrogens (primary N) is 1. The highest BCUT2D eigenvalue weighted by Gasteiger charge is 2.12. The minimum Gasteiger partial charge on any atom is -0.385 e. The number of anilines is 1. The van der Waals surface area contributed by atoms with Gasteiger partial charge in [0.2, 0.25) is 0 Å². The number of thioether (sulfide) groups is 1. The highest BCUT2D eigenvalue weighted by Crippen LogP contribution is 2.23. The number of nitrogen functional groups attached to an aromatic ring is 1. The minimum atomic E-state index is 0.253. The highest BCUT2D eigenvalue weighted by molar-refractivity contribution is 7.99. The Morgan fingerprint density at radius 2 is 2.55 bits per heavy atom. The molecule has 2 heterocycles. The molecule has 1 aromatic heterocycles. The van der Waals surface area contributed by atoms with Gasteiger partial charge in [0, 0.05) is 18.4 Å². The fraction of sp³-hybridized carbons (Fsp3) is 0.333.